The minimum atomic E-state index is -0.370. The van der Waals surface area contributed by atoms with Gasteiger partial charge in [0.1, 0.15) is 6.54 Å². The second-order valence-electron chi connectivity index (χ2n) is 6.39. The predicted molar refractivity (Wildman–Crippen MR) is 109 cm³/mol. The molecule has 0 aliphatic carbocycles. The van der Waals surface area contributed by atoms with Crippen LogP contribution in [0.3, 0.4) is 0 Å². The van der Waals surface area contributed by atoms with Crippen molar-refractivity contribution in [3.63, 3.8) is 0 Å². The molecule has 2 amide bonds. The second-order valence-corrected chi connectivity index (χ2v) is 7.31. The standard InChI is InChI=1S/C22H17BrN2O2/c23-17-11-12-19-18(13-17)21(15-7-3-1-4-8-15)25(14-20(26)24-19)22(27)16-9-5-2-6-10-16/h1-13,21H,14H2,(H,24,26)/t21-/m1/s1. The molecule has 0 spiro atoms. The molecule has 1 aliphatic heterocycles. The van der Waals surface area contributed by atoms with Crippen molar-refractivity contribution in [2.75, 3.05) is 11.9 Å². The van der Waals surface area contributed by atoms with Crippen LogP contribution in [0.4, 0.5) is 5.69 Å². The molecule has 1 atom stereocenters. The normalized spacial score (nSPS) is 16.3. The summed E-state index contributed by atoms with van der Waals surface area (Å²) in [5, 5.41) is 2.93. The largest absolute Gasteiger partial charge is 0.324 e. The Kier molecular flexibility index (Phi) is 4.77. The fourth-order valence-corrected chi connectivity index (χ4v) is 3.79. The zero-order valence-electron chi connectivity index (χ0n) is 14.4. The van der Waals surface area contributed by atoms with E-state index in [9.17, 15) is 9.59 Å². The summed E-state index contributed by atoms with van der Waals surface area (Å²) in [6.45, 7) is -0.0143. The number of amides is 2. The highest BCUT2D eigenvalue weighted by atomic mass is 79.9. The average molecular weight is 421 g/mol. The molecule has 1 aliphatic rings. The highest BCUT2D eigenvalue weighted by Crippen LogP contribution is 2.37. The van der Waals surface area contributed by atoms with Gasteiger partial charge in [-0.2, -0.15) is 0 Å². The Labute approximate surface area is 165 Å². The number of anilines is 1. The Hall–Kier alpha value is -2.92. The summed E-state index contributed by atoms with van der Waals surface area (Å²) in [6, 6.07) is 24.2. The quantitative estimate of drug-likeness (QED) is 0.656. The number of hydrogen-bond donors (Lipinski definition) is 1. The molecule has 0 radical (unpaired) electrons. The van der Waals surface area contributed by atoms with Gasteiger partial charge in [0, 0.05) is 21.3 Å². The summed E-state index contributed by atoms with van der Waals surface area (Å²) >= 11 is 3.52. The molecule has 0 fully saturated rings. The van der Waals surface area contributed by atoms with Gasteiger partial charge in [-0.05, 0) is 35.9 Å². The van der Waals surface area contributed by atoms with Gasteiger partial charge in [-0.3, -0.25) is 9.59 Å². The lowest BCUT2D eigenvalue weighted by molar-refractivity contribution is -0.117. The number of carbonyl (C=O) groups excluding carboxylic acids is 2. The van der Waals surface area contributed by atoms with Crippen molar-refractivity contribution >= 4 is 33.4 Å². The Morgan fingerprint density at radius 1 is 0.963 bits per heavy atom. The summed E-state index contributed by atoms with van der Waals surface area (Å²) in [4.78, 5) is 27.5. The van der Waals surface area contributed by atoms with Crippen molar-refractivity contribution in [1.29, 1.82) is 0 Å². The van der Waals surface area contributed by atoms with Crippen LogP contribution in [-0.4, -0.2) is 23.3 Å². The van der Waals surface area contributed by atoms with Crippen molar-refractivity contribution in [2.24, 2.45) is 0 Å². The fourth-order valence-electron chi connectivity index (χ4n) is 3.41. The zero-order chi connectivity index (χ0) is 18.8. The van der Waals surface area contributed by atoms with E-state index < -0.39 is 0 Å². The van der Waals surface area contributed by atoms with Gasteiger partial charge in [0.2, 0.25) is 5.91 Å². The number of benzene rings is 3. The van der Waals surface area contributed by atoms with Gasteiger partial charge < -0.3 is 10.2 Å². The number of carbonyl (C=O) groups is 2. The van der Waals surface area contributed by atoms with E-state index in [0.717, 1.165) is 21.3 Å². The van der Waals surface area contributed by atoms with Crippen LogP contribution < -0.4 is 5.32 Å². The van der Waals surface area contributed by atoms with E-state index >= 15 is 0 Å². The third-order valence-electron chi connectivity index (χ3n) is 4.60. The summed E-state index contributed by atoms with van der Waals surface area (Å²) < 4.78 is 0.894. The molecule has 134 valence electrons. The van der Waals surface area contributed by atoms with Crippen molar-refractivity contribution in [3.05, 3.63) is 100 Å². The molecular weight excluding hydrogens is 404 g/mol. The minimum Gasteiger partial charge on any atom is -0.324 e. The van der Waals surface area contributed by atoms with Crippen molar-refractivity contribution in [1.82, 2.24) is 4.90 Å². The first-order valence-electron chi connectivity index (χ1n) is 8.64. The topological polar surface area (TPSA) is 49.4 Å². The molecule has 0 bridgehead atoms. The number of fused-ring (bicyclic) bond motifs is 1. The van der Waals surface area contributed by atoms with Crippen LogP contribution in [-0.2, 0) is 4.79 Å². The minimum absolute atomic E-state index is 0.0143. The molecule has 1 N–H and O–H groups in total. The summed E-state index contributed by atoms with van der Waals surface area (Å²) in [5.74, 6) is -0.381. The van der Waals surface area contributed by atoms with Crippen molar-refractivity contribution in [2.45, 2.75) is 6.04 Å². The zero-order valence-corrected chi connectivity index (χ0v) is 16.0. The van der Waals surface area contributed by atoms with Gasteiger partial charge in [-0.1, -0.05) is 64.5 Å². The average Bonchev–Trinajstić information content (AvgIpc) is 2.84. The Bertz CT molecular complexity index is 990. The molecular formula is C22H17BrN2O2. The fraction of sp³-hybridized carbons (Fsp3) is 0.0909. The smallest absolute Gasteiger partial charge is 0.255 e. The third-order valence-corrected chi connectivity index (χ3v) is 5.10. The Morgan fingerprint density at radius 2 is 1.63 bits per heavy atom. The van der Waals surface area contributed by atoms with Gasteiger partial charge in [0.25, 0.3) is 5.91 Å². The molecule has 0 saturated carbocycles. The second kappa shape index (κ2) is 7.37. The predicted octanol–water partition coefficient (Wildman–Crippen LogP) is 4.63. The number of hydrogen-bond acceptors (Lipinski definition) is 2. The van der Waals surface area contributed by atoms with Crippen LogP contribution in [0.5, 0.6) is 0 Å². The molecule has 0 saturated heterocycles. The van der Waals surface area contributed by atoms with Crippen molar-refractivity contribution in [3.8, 4) is 0 Å². The van der Waals surface area contributed by atoms with Crippen LogP contribution in [0.25, 0.3) is 0 Å². The van der Waals surface area contributed by atoms with E-state index in [1.807, 2.05) is 66.7 Å². The molecule has 5 heteroatoms. The number of halogens is 1. The maximum atomic E-state index is 13.3. The Balaban J connectivity index is 1.90. The summed E-state index contributed by atoms with van der Waals surface area (Å²) in [6.07, 6.45) is 0. The van der Waals surface area contributed by atoms with Gasteiger partial charge in [0.05, 0.1) is 6.04 Å². The molecule has 27 heavy (non-hydrogen) atoms. The summed E-state index contributed by atoms with van der Waals surface area (Å²) in [7, 11) is 0. The first-order valence-corrected chi connectivity index (χ1v) is 9.43. The van der Waals surface area contributed by atoms with E-state index in [1.165, 1.54) is 0 Å². The first-order chi connectivity index (χ1) is 13.1. The van der Waals surface area contributed by atoms with E-state index in [0.29, 0.717) is 5.56 Å². The van der Waals surface area contributed by atoms with Gasteiger partial charge >= 0.3 is 0 Å². The lowest BCUT2D eigenvalue weighted by atomic mass is 9.95. The number of rotatable bonds is 2. The summed E-state index contributed by atoms with van der Waals surface area (Å²) in [5.41, 5.74) is 3.12. The highest BCUT2D eigenvalue weighted by Gasteiger charge is 2.33. The van der Waals surface area contributed by atoms with E-state index in [4.69, 9.17) is 0 Å². The van der Waals surface area contributed by atoms with Crippen molar-refractivity contribution < 1.29 is 9.59 Å². The SMILES string of the molecule is O=C1CN(C(=O)c2ccccc2)[C@H](c2ccccc2)c2cc(Br)ccc2N1. The molecule has 1 heterocycles. The first kappa shape index (κ1) is 17.5. The highest BCUT2D eigenvalue weighted by molar-refractivity contribution is 9.10. The van der Waals surface area contributed by atoms with Gasteiger partial charge in [0.15, 0.2) is 0 Å². The van der Waals surface area contributed by atoms with E-state index in [-0.39, 0.29) is 24.4 Å². The molecule has 4 nitrogen and oxygen atoms in total. The number of nitrogens with one attached hydrogen (secondary N) is 1. The number of nitrogens with zero attached hydrogens (tertiary/aromatic N) is 1. The van der Waals surface area contributed by atoms with E-state index in [2.05, 4.69) is 21.2 Å². The van der Waals surface area contributed by atoms with Gasteiger partial charge in [-0.15, -0.1) is 0 Å². The lowest BCUT2D eigenvalue weighted by Crippen LogP contribution is -2.38. The van der Waals surface area contributed by atoms with Crippen LogP contribution in [0.1, 0.15) is 27.5 Å². The molecule has 4 rings (SSSR count). The molecule has 0 aromatic heterocycles. The Morgan fingerprint density at radius 3 is 2.33 bits per heavy atom. The van der Waals surface area contributed by atoms with Crippen LogP contribution in [0.2, 0.25) is 0 Å². The third kappa shape index (κ3) is 3.51. The van der Waals surface area contributed by atoms with Crippen LogP contribution in [0.15, 0.2) is 83.3 Å². The monoisotopic (exact) mass is 420 g/mol. The van der Waals surface area contributed by atoms with Gasteiger partial charge in [-0.25, -0.2) is 0 Å². The van der Waals surface area contributed by atoms with Crippen LogP contribution in [0, 0.1) is 0 Å². The molecule has 0 unspecified atom stereocenters. The molecule has 3 aromatic rings. The molecule has 3 aromatic carbocycles. The van der Waals surface area contributed by atoms with Crippen LogP contribution >= 0.6 is 15.9 Å². The van der Waals surface area contributed by atoms with E-state index in [1.54, 1.807) is 17.0 Å². The maximum absolute atomic E-state index is 13.3. The maximum Gasteiger partial charge on any atom is 0.255 e. The lowest BCUT2D eigenvalue weighted by Gasteiger charge is -2.30.